The summed E-state index contributed by atoms with van der Waals surface area (Å²) in [6, 6.07) is 2.27. The number of thiazole rings is 1. The molecule has 2 aromatic rings. The van der Waals surface area contributed by atoms with E-state index in [9.17, 15) is 4.79 Å². The Labute approximate surface area is 146 Å². The first-order chi connectivity index (χ1) is 11.6. The van der Waals surface area contributed by atoms with E-state index >= 15 is 0 Å². The van der Waals surface area contributed by atoms with E-state index in [0.717, 1.165) is 36.0 Å². The molecule has 0 bridgehead atoms. The molecule has 5 nitrogen and oxygen atoms in total. The fourth-order valence-corrected chi connectivity index (χ4v) is 5.46. The number of nitrogens with zero attached hydrogens (tertiary/aromatic N) is 3. The van der Waals surface area contributed by atoms with Crippen molar-refractivity contribution < 1.29 is 0 Å². The summed E-state index contributed by atoms with van der Waals surface area (Å²) < 4.78 is 1.70. The summed E-state index contributed by atoms with van der Waals surface area (Å²) in [5.74, 6) is 0. The largest absolute Gasteiger partial charge is 0.330 e. The molecule has 2 N–H and O–H groups in total. The van der Waals surface area contributed by atoms with Gasteiger partial charge in [-0.25, -0.2) is 4.98 Å². The minimum absolute atomic E-state index is 0.0412. The van der Waals surface area contributed by atoms with Gasteiger partial charge in [0.05, 0.1) is 5.69 Å². The van der Waals surface area contributed by atoms with Crippen molar-refractivity contribution in [3.05, 3.63) is 33.2 Å². The molecule has 0 radical (unpaired) electrons. The van der Waals surface area contributed by atoms with E-state index in [0.29, 0.717) is 11.5 Å². The first kappa shape index (κ1) is 16.2. The second-order valence-corrected chi connectivity index (χ2v) is 8.32. The lowest BCUT2D eigenvalue weighted by Gasteiger charge is -2.53. The van der Waals surface area contributed by atoms with E-state index in [2.05, 4.69) is 4.90 Å². The average molecular weight is 347 g/mol. The van der Waals surface area contributed by atoms with Crippen LogP contribution in [-0.4, -0.2) is 33.4 Å². The van der Waals surface area contributed by atoms with Crippen LogP contribution in [0.3, 0.4) is 0 Å². The van der Waals surface area contributed by atoms with Gasteiger partial charge in [0.2, 0.25) is 0 Å². The van der Waals surface area contributed by atoms with Crippen molar-refractivity contribution in [3.63, 3.8) is 0 Å². The molecule has 1 aliphatic carbocycles. The molecule has 0 spiro atoms. The van der Waals surface area contributed by atoms with Crippen molar-refractivity contribution in [1.29, 1.82) is 0 Å². The Kier molecular flexibility index (Phi) is 4.22. The van der Waals surface area contributed by atoms with Crippen molar-refractivity contribution in [2.75, 3.05) is 13.1 Å². The molecule has 0 amide bonds. The van der Waals surface area contributed by atoms with Crippen LogP contribution < -0.4 is 11.3 Å². The molecular weight excluding hydrogens is 320 g/mol. The van der Waals surface area contributed by atoms with Crippen LogP contribution in [0.15, 0.2) is 16.2 Å². The molecular formula is C18H26N4OS. The predicted molar refractivity (Wildman–Crippen MR) is 97.5 cm³/mol. The number of aromatic nitrogens is 2. The molecule has 2 aliphatic rings. The van der Waals surface area contributed by atoms with Gasteiger partial charge in [-0.15, -0.1) is 11.3 Å². The molecule has 0 aromatic carbocycles. The molecule has 1 saturated heterocycles. The third kappa shape index (κ3) is 2.61. The van der Waals surface area contributed by atoms with Gasteiger partial charge in [0.1, 0.15) is 0 Å². The average Bonchev–Trinajstić information content (AvgIpc) is 2.90. The lowest BCUT2D eigenvalue weighted by molar-refractivity contribution is -0.0211. The molecule has 4 rings (SSSR count). The third-order valence-electron chi connectivity index (χ3n) is 6.07. The molecule has 130 valence electrons. The lowest BCUT2D eigenvalue weighted by atomic mass is 9.62. The van der Waals surface area contributed by atoms with E-state index in [1.54, 1.807) is 21.8 Å². The van der Waals surface area contributed by atoms with Gasteiger partial charge < -0.3 is 5.73 Å². The molecule has 6 heteroatoms. The van der Waals surface area contributed by atoms with E-state index in [4.69, 9.17) is 10.7 Å². The van der Waals surface area contributed by atoms with Gasteiger partial charge in [0.25, 0.3) is 5.56 Å². The second-order valence-electron chi connectivity index (χ2n) is 7.48. The maximum atomic E-state index is 12.4. The minimum Gasteiger partial charge on any atom is -0.330 e. The number of hydrogen-bond acceptors (Lipinski definition) is 5. The molecule has 1 aliphatic heterocycles. The predicted octanol–water partition coefficient (Wildman–Crippen LogP) is 2.55. The minimum atomic E-state index is 0.0412. The molecule has 2 fully saturated rings. The maximum Gasteiger partial charge on any atom is 0.259 e. The first-order valence-electron chi connectivity index (χ1n) is 9.04. The highest BCUT2D eigenvalue weighted by atomic mass is 32.1. The highest BCUT2D eigenvalue weighted by Crippen LogP contribution is 2.47. The fraction of sp³-hybridized carbons (Fsp3) is 0.667. The first-order valence-corrected chi connectivity index (χ1v) is 9.92. The van der Waals surface area contributed by atoms with Crippen LogP contribution in [0.1, 0.15) is 49.9 Å². The number of likely N-dealkylation sites (tertiary alicyclic amines) is 1. The van der Waals surface area contributed by atoms with E-state index in [1.807, 2.05) is 12.3 Å². The van der Waals surface area contributed by atoms with Gasteiger partial charge in [-0.05, 0) is 51.1 Å². The maximum absolute atomic E-state index is 12.4. The van der Waals surface area contributed by atoms with Gasteiger partial charge >= 0.3 is 0 Å². The van der Waals surface area contributed by atoms with Crippen molar-refractivity contribution in [3.8, 4) is 0 Å². The summed E-state index contributed by atoms with van der Waals surface area (Å²) in [5, 5.41) is 2.00. The highest BCUT2D eigenvalue weighted by Gasteiger charge is 2.46. The molecule has 3 heterocycles. The SMILES string of the molecule is Cc1csc2nc(CN3CCCCC3C3(CN)CCC3)cc(=O)n12. The number of aryl methyl sites for hydroxylation is 1. The normalized spacial score (nSPS) is 24.2. The van der Waals surface area contributed by atoms with E-state index in [1.165, 1.54) is 38.5 Å². The second kappa shape index (κ2) is 6.24. The Morgan fingerprint density at radius 3 is 2.92 bits per heavy atom. The van der Waals surface area contributed by atoms with Crippen LogP contribution in [-0.2, 0) is 6.54 Å². The van der Waals surface area contributed by atoms with Crippen LogP contribution in [0, 0.1) is 12.3 Å². The number of rotatable bonds is 4. The van der Waals surface area contributed by atoms with Crippen molar-refractivity contribution in [2.24, 2.45) is 11.1 Å². The quantitative estimate of drug-likeness (QED) is 0.924. The molecule has 1 saturated carbocycles. The summed E-state index contributed by atoms with van der Waals surface area (Å²) in [6.45, 7) is 4.61. The summed E-state index contributed by atoms with van der Waals surface area (Å²) in [4.78, 5) is 20.5. The number of piperidine rings is 1. The zero-order valence-corrected chi connectivity index (χ0v) is 15.1. The Hall–Kier alpha value is -1.24. The number of hydrogen-bond donors (Lipinski definition) is 1. The fourth-order valence-electron chi connectivity index (χ4n) is 4.57. The van der Waals surface area contributed by atoms with Gasteiger partial charge in [-0.2, -0.15) is 0 Å². The summed E-state index contributed by atoms with van der Waals surface area (Å²) in [6.07, 6.45) is 7.57. The summed E-state index contributed by atoms with van der Waals surface area (Å²) >= 11 is 1.54. The zero-order chi connectivity index (χ0) is 16.7. The highest BCUT2D eigenvalue weighted by molar-refractivity contribution is 7.15. The van der Waals surface area contributed by atoms with Crippen LogP contribution in [0.25, 0.3) is 4.96 Å². The Morgan fingerprint density at radius 2 is 2.21 bits per heavy atom. The van der Waals surface area contributed by atoms with Gasteiger partial charge in [0.15, 0.2) is 4.96 Å². The Morgan fingerprint density at radius 1 is 1.38 bits per heavy atom. The van der Waals surface area contributed by atoms with Crippen LogP contribution in [0.2, 0.25) is 0 Å². The zero-order valence-electron chi connectivity index (χ0n) is 14.3. The van der Waals surface area contributed by atoms with Crippen molar-refractivity contribution in [2.45, 2.75) is 58.0 Å². The van der Waals surface area contributed by atoms with Crippen molar-refractivity contribution in [1.82, 2.24) is 14.3 Å². The molecule has 24 heavy (non-hydrogen) atoms. The van der Waals surface area contributed by atoms with Gasteiger partial charge in [0, 0.05) is 29.7 Å². The Balaban J connectivity index is 1.62. The monoisotopic (exact) mass is 346 g/mol. The van der Waals surface area contributed by atoms with Crippen LogP contribution in [0.4, 0.5) is 0 Å². The molecule has 1 unspecified atom stereocenters. The van der Waals surface area contributed by atoms with E-state index in [-0.39, 0.29) is 5.56 Å². The van der Waals surface area contributed by atoms with Crippen molar-refractivity contribution >= 4 is 16.3 Å². The van der Waals surface area contributed by atoms with Crippen LogP contribution in [0.5, 0.6) is 0 Å². The van der Waals surface area contributed by atoms with E-state index < -0.39 is 0 Å². The summed E-state index contributed by atoms with van der Waals surface area (Å²) in [5.41, 5.74) is 8.38. The number of fused-ring (bicyclic) bond motifs is 1. The van der Waals surface area contributed by atoms with Crippen LogP contribution >= 0.6 is 11.3 Å². The molecule has 1 atom stereocenters. The molecule has 2 aromatic heterocycles. The van der Waals surface area contributed by atoms with Gasteiger partial charge in [-0.3, -0.25) is 14.1 Å². The standard InChI is InChI=1S/C18H26N4OS/c1-13-11-24-17-20-14(9-16(23)22(13)17)10-21-8-3-2-5-15(21)18(12-19)6-4-7-18/h9,11,15H,2-8,10,12,19H2,1H3. The lowest BCUT2D eigenvalue weighted by Crippen LogP contribution is -2.56. The summed E-state index contributed by atoms with van der Waals surface area (Å²) in [7, 11) is 0. The smallest absolute Gasteiger partial charge is 0.259 e. The van der Waals surface area contributed by atoms with Gasteiger partial charge in [-0.1, -0.05) is 12.8 Å². The number of nitrogens with two attached hydrogens (primary N) is 1. The third-order valence-corrected chi connectivity index (χ3v) is 7.01. The topological polar surface area (TPSA) is 63.6 Å². The Bertz CT molecular complexity index is 786.